The number of halogens is 1. The van der Waals surface area contributed by atoms with Crippen LogP contribution in [0.4, 0.5) is 10.1 Å². The Morgan fingerprint density at radius 3 is 2.19 bits per heavy atom. The van der Waals surface area contributed by atoms with Crippen molar-refractivity contribution in [3.8, 4) is 5.75 Å². The highest BCUT2D eigenvalue weighted by Gasteiger charge is 2.43. The van der Waals surface area contributed by atoms with Crippen LogP contribution in [0.25, 0.3) is 5.57 Å². The van der Waals surface area contributed by atoms with E-state index in [1.807, 2.05) is 25.7 Å². The maximum absolute atomic E-state index is 13.6. The van der Waals surface area contributed by atoms with Gasteiger partial charge in [-0.15, -0.1) is 0 Å². The highest BCUT2D eigenvalue weighted by atomic mass is 19.1. The molecule has 2 aromatic rings. The lowest BCUT2D eigenvalue weighted by atomic mass is 10.0. The number of hydrogen-bond donors (Lipinski definition) is 0. The van der Waals surface area contributed by atoms with Crippen molar-refractivity contribution in [2.45, 2.75) is 39.4 Å². The summed E-state index contributed by atoms with van der Waals surface area (Å²) in [7, 11) is 0. The Morgan fingerprint density at radius 2 is 1.59 bits per heavy atom. The second kappa shape index (κ2) is 9.12. The van der Waals surface area contributed by atoms with Crippen molar-refractivity contribution < 1.29 is 23.5 Å². The molecule has 0 aliphatic carbocycles. The standard InChI is InChI=1S/C25H27FN2O4/c1-4-13-31-21-11-5-18(6-12-21)22-23(27-14-16(2)32-17(3)15-27)25(30)28(24(22)29)20-9-7-19(26)8-10-20/h5-12,16-17H,4,13-15H2,1-3H3. The van der Waals surface area contributed by atoms with Crippen LogP contribution in [0.2, 0.25) is 0 Å². The van der Waals surface area contributed by atoms with Crippen LogP contribution in [0.1, 0.15) is 32.8 Å². The fourth-order valence-electron chi connectivity index (χ4n) is 4.19. The maximum atomic E-state index is 13.6. The molecule has 168 valence electrons. The Hall–Kier alpha value is -3.19. The molecule has 32 heavy (non-hydrogen) atoms. The van der Waals surface area contributed by atoms with Gasteiger partial charge in [0.25, 0.3) is 11.8 Å². The number of imide groups is 1. The molecule has 2 amide bonds. The summed E-state index contributed by atoms with van der Waals surface area (Å²) < 4.78 is 24.9. The predicted octanol–water partition coefficient (Wildman–Crippen LogP) is 4.01. The Morgan fingerprint density at radius 1 is 0.969 bits per heavy atom. The molecule has 6 nitrogen and oxygen atoms in total. The third kappa shape index (κ3) is 4.25. The highest BCUT2D eigenvalue weighted by molar-refractivity contribution is 6.45. The summed E-state index contributed by atoms with van der Waals surface area (Å²) in [5.41, 5.74) is 1.66. The molecule has 0 aromatic heterocycles. The number of ether oxygens (including phenoxy) is 2. The summed E-state index contributed by atoms with van der Waals surface area (Å²) in [6.45, 7) is 7.52. The van der Waals surface area contributed by atoms with Crippen LogP contribution in [-0.2, 0) is 14.3 Å². The first kappa shape index (κ1) is 22.0. The molecule has 2 aliphatic rings. The Labute approximate surface area is 187 Å². The molecule has 0 radical (unpaired) electrons. The summed E-state index contributed by atoms with van der Waals surface area (Å²) in [4.78, 5) is 30.1. The number of amides is 2. The van der Waals surface area contributed by atoms with Crippen LogP contribution in [0.5, 0.6) is 5.75 Å². The van der Waals surface area contributed by atoms with Gasteiger partial charge < -0.3 is 14.4 Å². The van der Waals surface area contributed by atoms with Gasteiger partial charge in [-0.3, -0.25) is 9.59 Å². The molecule has 4 rings (SSSR count). The van der Waals surface area contributed by atoms with Crippen molar-refractivity contribution in [2.24, 2.45) is 0 Å². The minimum atomic E-state index is -0.431. The summed E-state index contributed by atoms with van der Waals surface area (Å²) in [6, 6.07) is 12.6. The van der Waals surface area contributed by atoms with Gasteiger partial charge in [0, 0.05) is 13.1 Å². The normalized spacial score (nSPS) is 21.5. The van der Waals surface area contributed by atoms with E-state index in [1.54, 1.807) is 24.3 Å². The minimum absolute atomic E-state index is 0.0832. The average molecular weight is 438 g/mol. The van der Waals surface area contributed by atoms with Crippen LogP contribution in [0, 0.1) is 5.82 Å². The molecule has 2 heterocycles. The first-order valence-electron chi connectivity index (χ1n) is 10.9. The van der Waals surface area contributed by atoms with Gasteiger partial charge in [-0.25, -0.2) is 9.29 Å². The van der Waals surface area contributed by atoms with E-state index in [-0.39, 0.29) is 12.2 Å². The first-order chi connectivity index (χ1) is 15.4. The Balaban J connectivity index is 1.76. The van der Waals surface area contributed by atoms with Gasteiger partial charge in [0.15, 0.2) is 0 Å². The first-order valence-corrected chi connectivity index (χ1v) is 10.9. The topological polar surface area (TPSA) is 59.1 Å². The van der Waals surface area contributed by atoms with Crippen molar-refractivity contribution in [3.63, 3.8) is 0 Å². The molecule has 2 unspecified atom stereocenters. The lowest BCUT2D eigenvalue weighted by Crippen LogP contribution is -2.47. The second-order valence-electron chi connectivity index (χ2n) is 8.18. The van der Waals surface area contributed by atoms with Gasteiger partial charge in [0.1, 0.15) is 17.3 Å². The Bertz CT molecular complexity index is 1020. The monoisotopic (exact) mass is 438 g/mol. The molecule has 0 saturated carbocycles. The van der Waals surface area contributed by atoms with Gasteiger partial charge >= 0.3 is 0 Å². The SMILES string of the molecule is CCCOc1ccc(C2=C(N3CC(C)OC(C)C3)C(=O)N(c3ccc(F)cc3)C2=O)cc1. The Kier molecular flexibility index (Phi) is 6.28. The summed E-state index contributed by atoms with van der Waals surface area (Å²) in [5, 5.41) is 0. The molecular weight excluding hydrogens is 411 g/mol. The van der Waals surface area contributed by atoms with E-state index >= 15 is 0 Å². The van der Waals surface area contributed by atoms with Crippen LogP contribution in [-0.4, -0.2) is 48.6 Å². The van der Waals surface area contributed by atoms with E-state index in [4.69, 9.17) is 9.47 Å². The highest BCUT2D eigenvalue weighted by Crippen LogP contribution is 2.36. The maximum Gasteiger partial charge on any atom is 0.282 e. The molecule has 2 atom stereocenters. The summed E-state index contributed by atoms with van der Waals surface area (Å²) in [6.07, 6.45) is 0.726. The molecular formula is C25H27FN2O4. The third-order valence-electron chi connectivity index (χ3n) is 5.50. The van der Waals surface area contributed by atoms with E-state index in [1.165, 1.54) is 24.3 Å². The van der Waals surface area contributed by atoms with Crippen LogP contribution < -0.4 is 9.64 Å². The molecule has 1 fully saturated rings. The van der Waals surface area contributed by atoms with E-state index in [2.05, 4.69) is 0 Å². The van der Waals surface area contributed by atoms with Crippen LogP contribution >= 0.6 is 0 Å². The van der Waals surface area contributed by atoms with Crippen LogP contribution in [0.3, 0.4) is 0 Å². The number of carbonyl (C=O) groups excluding carboxylic acids is 2. The summed E-state index contributed by atoms with van der Waals surface area (Å²) in [5.74, 6) is -0.562. The zero-order valence-electron chi connectivity index (χ0n) is 18.5. The number of rotatable bonds is 6. The van der Waals surface area contributed by atoms with Gasteiger partial charge in [-0.1, -0.05) is 19.1 Å². The molecule has 0 N–H and O–H groups in total. The quantitative estimate of drug-likeness (QED) is 0.638. The number of morpholine rings is 1. The van der Waals surface area contributed by atoms with Gasteiger partial charge in [-0.2, -0.15) is 0 Å². The number of anilines is 1. The van der Waals surface area contributed by atoms with Crippen LogP contribution in [0.15, 0.2) is 54.2 Å². The molecule has 2 aliphatic heterocycles. The van der Waals surface area contributed by atoms with E-state index < -0.39 is 17.6 Å². The van der Waals surface area contributed by atoms with E-state index in [9.17, 15) is 14.0 Å². The van der Waals surface area contributed by atoms with E-state index in [0.29, 0.717) is 48.0 Å². The smallest absolute Gasteiger partial charge is 0.282 e. The lowest BCUT2D eigenvalue weighted by molar-refractivity contribution is -0.121. The number of nitrogens with zero attached hydrogens (tertiary/aromatic N) is 2. The number of hydrogen-bond acceptors (Lipinski definition) is 5. The van der Waals surface area contributed by atoms with Crippen molar-refractivity contribution in [3.05, 3.63) is 65.6 Å². The third-order valence-corrected chi connectivity index (χ3v) is 5.50. The molecule has 2 aromatic carbocycles. The van der Waals surface area contributed by atoms with Gasteiger partial charge in [-0.05, 0) is 62.2 Å². The zero-order chi connectivity index (χ0) is 22.8. The average Bonchev–Trinajstić information content (AvgIpc) is 3.03. The molecule has 0 bridgehead atoms. The molecule has 1 saturated heterocycles. The fraction of sp³-hybridized carbons (Fsp3) is 0.360. The summed E-state index contributed by atoms with van der Waals surface area (Å²) >= 11 is 0. The molecule has 7 heteroatoms. The minimum Gasteiger partial charge on any atom is -0.494 e. The second-order valence-corrected chi connectivity index (χ2v) is 8.18. The number of benzene rings is 2. The molecule has 0 spiro atoms. The predicted molar refractivity (Wildman–Crippen MR) is 120 cm³/mol. The van der Waals surface area contributed by atoms with E-state index in [0.717, 1.165) is 11.3 Å². The van der Waals surface area contributed by atoms with Gasteiger partial charge in [0.05, 0.1) is 30.1 Å². The van der Waals surface area contributed by atoms with Gasteiger partial charge in [0.2, 0.25) is 0 Å². The van der Waals surface area contributed by atoms with Crippen molar-refractivity contribution in [1.29, 1.82) is 0 Å². The number of carbonyl (C=O) groups is 2. The zero-order valence-corrected chi connectivity index (χ0v) is 18.5. The lowest BCUT2D eigenvalue weighted by Gasteiger charge is -2.37. The largest absolute Gasteiger partial charge is 0.494 e. The van der Waals surface area contributed by atoms with Crippen molar-refractivity contribution in [2.75, 3.05) is 24.6 Å². The van der Waals surface area contributed by atoms with Crippen molar-refractivity contribution >= 4 is 23.1 Å². The van der Waals surface area contributed by atoms with Crippen molar-refractivity contribution in [1.82, 2.24) is 4.90 Å². The fourth-order valence-corrected chi connectivity index (χ4v) is 4.19.